The molecule has 0 unspecified atom stereocenters. The van der Waals surface area contributed by atoms with Crippen LogP contribution in [0, 0.1) is 0 Å². The Morgan fingerprint density at radius 1 is 1.50 bits per heavy atom. The summed E-state index contributed by atoms with van der Waals surface area (Å²) in [4.78, 5) is 6.85. The monoisotopic (exact) mass is 240 g/mol. The molecule has 2 rings (SSSR count). The zero-order valence-corrected chi connectivity index (χ0v) is 10.9. The van der Waals surface area contributed by atoms with Gasteiger partial charge in [0.1, 0.15) is 0 Å². The molecular weight excluding hydrogens is 220 g/mol. The van der Waals surface area contributed by atoms with Gasteiger partial charge in [-0.15, -0.1) is 11.3 Å². The first-order valence-electron chi connectivity index (χ1n) is 6.03. The maximum atomic E-state index is 9.90. The second-order valence-corrected chi connectivity index (χ2v) is 5.65. The fourth-order valence-corrected chi connectivity index (χ4v) is 2.99. The number of aryl methyl sites for hydroxylation is 1. The van der Waals surface area contributed by atoms with Crippen molar-refractivity contribution in [2.75, 3.05) is 13.1 Å². The van der Waals surface area contributed by atoms with E-state index in [0.29, 0.717) is 0 Å². The highest BCUT2D eigenvalue weighted by molar-refractivity contribution is 7.09. The number of likely N-dealkylation sites (tertiary alicyclic amines) is 1. The van der Waals surface area contributed by atoms with Crippen molar-refractivity contribution < 1.29 is 5.11 Å². The van der Waals surface area contributed by atoms with Gasteiger partial charge in [-0.25, -0.2) is 4.98 Å². The average Bonchev–Trinajstić information content (AvgIpc) is 2.64. The Bertz CT molecular complexity index is 345. The molecule has 1 aliphatic heterocycles. The average molecular weight is 240 g/mol. The summed E-state index contributed by atoms with van der Waals surface area (Å²) in [6.45, 7) is 6.70. The lowest BCUT2D eigenvalue weighted by atomic mass is 9.91. The van der Waals surface area contributed by atoms with Gasteiger partial charge in [0.05, 0.1) is 16.3 Å². The molecule has 16 heavy (non-hydrogen) atoms. The Kier molecular flexibility index (Phi) is 3.62. The first-order chi connectivity index (χ1) is 7.65. The lowest BCUT2D eigenvalue weighted by Gasteiger charge is -2.45. The minimum Gasteiger partial charge on any atom is -0.387 e. The zero-order valence-electron chi connectivity index (χ0n) is 10.1. The van der Waals surface area contributed by atoms with Crippen LogP contribution in [0.4, 0.5) is 0 Å². The molecule has 1 fully saturated rings. The van der Waals surface area contributed by atoms with Gasteiger partial charge in [0.2, 0.25) is 0 Å². The zero-order chi connectivity index (χ0) is 11.6. The maximum Gasteiger partial charge on any atom is 0.0928 e. The van der Waals surface area contributed by atoms with E-state index in [4.69, 9.17) is 0 Å². The molecule has 90 valence electrons. The molecule has 0 amide bonds. The van der Waals surface area contributed by atoms with Gasteiger partial charge >= 0.3 is 0 Å². The van der Waals surface area contributed by atoms with E-state index in [2.05, 4.69) is 22.2 Å². The topological polar surface area (TPSA) is 36.4 Å². The number of hydrogen-bond donors (Lipinski definition) is 1. The summed E-state index contributed by atoms with van der Waals surface area (Å²) in [5, 5.41) is 13.3. The fourth-order valence-electron chi connectivity index (χ4n) is 2.10. The Morgan fingerprint density at radius 2 is 2.25 bits per heavy atom. The van der Waals surface area contributed by atoms with E-state index in [1.807, 2.05) is 6.92 Å². The van der Waals surface area contributed by atoms with Crippen LogP contribution in [0.5, 0.6) is 0 Å². The van der Waals surface area contributed by atoms with Crippen LogP contribution in [0.25, 0.3) is 0 Å². The molecule has 1 aromatic heterocycles. The van der Waals surface area contributed by atoms with Crippen LogP contribution in [-0.2, 0) is 13.0 Å². The summed E-state index contributed by atoms with van der Waals surface area (Å²) in [5.41, 5.74) is 0.731. The number of aromatic nitrogens is 1. The van der Waals surface area contributed by atoms with E-state index in [-0.39, 0.29) is 0 Å². The summed E-state index contributed by atoms with van der Waals surface area (Å²) in [7, 11) is 0. The first-order valence-corrected chi connectivity index (χ1v) is 6.91. The molecule has 1 N–H and O–H groups in total. The summed E-state index contributed by atoms with van der Waals surface area (Å²) in [5.74, 6) is 0. The van der Waals surface area contributed by atoms with E-state index in [1.165, 1.54) is 5.01 Å². The standard InChI is InChI=1S/C12H20N2OS/c1-3-5-11-13-10(7-16-11)6-14-8-12(15,4-2)9-14/h7,15H,3-6,8-9H2,1-2H3. The highest BCUT2D eigenvalue weighted by Gasteiger charge is 2.39. The maximum absolute atomic E-state index is 9.90. The fraction of sp³-hybridized carbons (Fsp3) is 0.750. The van der Waals surface area contributed by atoms with Crippen molar-refractivity contribution >= 4 is 11.3 Å². The summed E-state index contributed by atoms with van der Waals surface area (Å²) in [6.07, 6.45) is 3.09. The number of rotatable bonds is 5. The molecule has 2 heterocycles. The van der Waals surface area contributed by atoms with E-state index in [1.54, 1.807) is 11.3 Å². The van der Waals surface area contributed by atoms with Crippen LogP contribution in [-0.4, -0.2) is 33.7 Å². The van der Waals surface area contributed by atoms with E-state index in [0.717, 1.165) is 44.6 Å². The molecular formula is C12H20N2OS. The number of thiazole rings is 1. The van der Waals surface area contributed by atoms with Crippen LogP contribution >= 0.6 is 11.3 Å². The van der Waals surface area contributed by atoms with E-state index in [9.17, 15) is 5.11 Å². The van der Waals surface area contributed by atoms with Crippen LogP contribution < -0.4 is 0 Å². The molecule has 3 nitrogen and oxygen atoms in total. The second-order valence-electron chi connectivity index (χ2n) is 4.71. The number of nitrogens with zero attached hydrogens (tertiary/aromatic N) is 2. The van der Waals surface area contributed by atoms with Crippen molar-refractivity contribution in [3.63, 3.8) is 0 Å². The van der Waals surface area contributed by atoms with Crippen molar-refractivity contribution in [3.8, 4) is 0 Å². The van der Waals surface area contributed by atoms with Crippen LogP contribution in [0.15, 0.2) is 5.38 Å². The molecule has 0 radical (unpaired) electrons. The highest BCUT2D eigenvalue weighted by Crippen LogP contribution is 2.26. The third kappa shape index (κ3) is 2.62. The van der Waals surface area contributed by atoms with Crippen LogP contribution in [0.2, 0.25) is 0 Å². The molecule has 0 bridgehead atoms. The predicted octanol–water partition coefficient (Wildman–Crippen LogP) is 2.05. The quantitative estimate of drug-likeness (QED) is 0.856. The molecule has 0 atom stereocenters. The Balaban J connectivity index is 1.82. The molecule has 4 heteroatoms. The predicted molar refractivity (Wildman–Crippen MR) is 66.6 cm³/mol. The summed E-state index contributed by atoms with van der Waals surface area (Å²) < 4.78 is 0. The highest BCUT2D eigenvalue weighted by atomic mass is 32.1. The van der Waals surface area contributed by atoms with Crippen molar-refractivity contribution in [2.24, 2.45) is 0 Å². The molecule has 1 saturated heterocycles. The normalized spacial score (nSPS) is 19.7. The van der Waals surface area contributed by atoms with E-state index < -0.39 is 5.60 Å². The number of aliphatic hydroxyl groups is 1. The van der Waals surface area contributed by atoms with Gasteiger partial charge in [0.25, 0.3) is 0 Å². The van der Waals surface area contributed by atoms with Gasteiger partial charge in [-0.05, 0) is 19.3 Å². The van der Waals surface area contributed by atoms with Crippen molar-refractivity contribution in [3.05, 3.63) is 16.1 Å². The summed E-state index contributed by atoms with van der Waals surface area (Å²) >= 11 is 1.76. The van der Waals surface area contributed by atoms with Crippen molar-refractivity contribution in [2.45, 2.75) is 45.3 Å². The van der Waals surface area contributed by atoms with Gasteiger partial charge < -0.3 is 5.11 Å². The minimum atomic E-state index is -0.428. The SMILES string of the molecule is CCCc1nc(CN2CC(O)(CC)C2)cs1. The van der Waals surface area contributed by atoms with Gasteiger partial charge in [0, 0.05) is 25.0 Å². The largest absolute Gasteiger partial charge is 0.387 e. The molecule has 0 aliphatic carbocycles. The Hall–Kier alpha value is -0.450. The summed E-state index contributed by atoms with van der Waals surface area (Å²) in [6, 6.07) is 0. The van der Waals surface area contributed by atoms with Crippen molar-refractivity contribution in [1.29, 1.82) is 0 Å². The third-order valence-electron chi connectivity index (χ3n) is 3.14. The van der Waals surface area contributed by atoms with Gasteiger partial charge in [-0.1, -0.05) is 13.8 Å². The lowest BCUT2D eigenvalue weighted by molar-refractivity contribution is -0.103. The van der Waals surface area contributed by atoms with Gasteiger partial charge in [0.15, 0.2) is 0 Å². The third-order valence-corrected chi connectivity index (χ3v) is 4.10. The van der Waals surface area contributed by atoms with Gasteiger partial charge in [-0.3, -0.25) is 4.90 Å². The Morgan fingerprint density at radius 3 is 2.88 bits per heavy atom. The minimum absolute atomic E-state index is 0.428. The lowest BCUT2D eigenvalue weighted by Crippen LogP contribution is -2.60. The number of β-amino-alcohol motifs (C(OH)–C–C–N with tert-alkyl or cyclic N) is 1. The van der Waals surface area contributed by atoms with Crippen LogP contribution in [0.3, 0.4) is 0 Å². The molecule has 0 spiro atoms. The first kappa shape index (κ1) is 12.0. The van der Waals surface area contributed by atoms with Gasteiger partial charge in [-0.2, -0.15) is 0 Å². The number of hydrogen-bond acceptors (Lipinski definition) is 4. The van der Waals surface area contributed by atoms with E-state index >= 15 is 0 Å². The molecule has 1 aromatic rings. The van der Waals surface area contributed by atoms with Crippen molar-refractivity contribution in [1.82, 2.24) is 9.88 Å². The molecule has 0 aromatic carbocycles. The van der Waals surface area contributed by atoms with Crippen LogP contribution in [0.1, 0.15) is 37.4 Å². The smallest absolute Gasteiger partial charge is 0.0928 e. The molecule has 1 aliphatic rings. The Labute approximate surface area is 101 Å². The second kappa shape index (κ2) is 4.82. The molecule has 0 saturated carbocycles.